The summed E-state index contributed by atoms with van der Waals surface area (Å²) in [6, 6.07) is -0.0425. The molecule has 1 unspecified atom stereocenters. The van der Waals surface area contributed by atoms with Crippen LogP contribution in [-0.2, 0) is 0 Å². The van der Waals surface area contributed by atoms with Gasteiger partial charge in [0, 0.05) is 18.6 Å². The average Bonchev–Trinajstić information content (AvgIpc) is 2.91. The molecule has 5 nitrogen and oxygen atoms in total. The molecule has 0 saturated carbocycles. The molecule has 0 bridgehead atoms. The van der Waals surface area contributed by atoms with Crippen LogP contribution in [0.15, 0.2) is 17.8 Å². The van der Waals surface area contributed by atoms with Gasteiger partial charge in [-0.05, 0) is 6.42 Å². The average molecular weight is 267 g/mol. The van der Waals surface area contributed by atoms with E-state index in [1.165, 1.54) is 11.3 Å². The van der Waals surface area contributed by atoms with E-state index in [4.69, 9.17) is 0 Å². The maximum Gasteiger partial charge on any atom is 0.224 e. The molecule has 18 heavy (non-hydrogen) atoms. The fraction of sp³-hybridized carbons (Fsp3) is 0.364. The second-order valence-electron chi connectivity index (χ2n) is 3.62. The van der Waals surface area contributed by atoms with Gasteiger partial charge in [0.05, 0.1) is 12.2 Å². The summed E-state index contributed by atoms with van der Waals surface area (Å²) in [5, 5.41) is 8.65. The zero-order valence-corrected chi connectivity index (χ0v) is 11.0. The van der Waals surface area contributed by atoms with E-state index in [0.717, 1.165) is 17.6 Å². The van der Waals surface area contributed by atoms with Crippen LogP contribution in [0.3, 0.4) is 0 Å². The van der Waals surface area contributed by atoms with E-state index in [2.05, 4.69) is 25.6 Å². The van der Waals surface area contributed by atoms with Gasteiger partial charge in [-0.2, -0.15) is 4.98 Å². The Bertz CT molecular complexity index is 502. The molecule has 2 N–H and O–H groups in total. The predicted molar refractivity (Wildman–Crippen MR) is 70.3 cm³/mol. The van der Waals surface area contributed by atoms with Crippen LogP contribution in [0.1, 0.15) is 24.4 Å². The molecular formula is C11H14FN5S. The number of anilines is 2. The van der Waals surface area contributed by atoms with Crippen LogP contribution in [0.4, 0.5) is 16.2 Å². The van der Waals surface area contributed by atoms with Gasteiger partial charge in [-0.3, -0.25) is 0 Å². The number of nitrogens with one attached hydrogen (secondary N) is 2. The van der Waals surface area contributed by atoms with E-state index < -0.39 is 5.82 Å². The molecular weight excluding hydrogens is 253 g/mol. The first-order valence-corrected chi connectivity index (χ1v) is 6.48. The Morgan fingerprint density at radius 2 is 2.28 bits per heavy atom. The summed E-state index contributed by atoms with van der Waals surface area (Å²) >= 11 is 1.54. The Morgan fingerprint density at radius 1 is 1.44 bits per heavy atom. The molecule has 0 fully saturated rings. The van der Waals surface area contributed by atoms with Crippen molar-refractivity contribution in [3.8, 4) is 0 Å². The molecule has 2 rings (SSSR count). The van der Waals surface area contributed by atoms with Crippen molar-refractivity contribution in [2.45, 2.75) is 19.4 Å². The van der Waals surface area contributed by atoms with Crippen molar-refractivity contribution in [2.75, 3.05) is 17.7 Å². The van der Waals surface area contributed by atoms with Crippen molar-refractivity contribution >= 4 is 23.1 Å². The van der Waals surface area contributed by atoms with E-state index in [0.29, 0.717) is 5.95 Å². The number of hydrogen-bond acceptors (Lipinski definition) is 6. The topological polar surface area (TPSA) is 62.7 Å². The third kappa shape index (κ3) is 2.73. The van der Waals surface area contributed by atoms with E-state index in [-0.39, 0.29) is 11.9 Å². The fourth-order valence-corrected chi connectivity index (χ4v) is 2.27. The minimum Gasteiger partial charge on any atom is -0.358 e. The summed E-state index contributed by atoms with van der Waals surface area (Å²) < 4.78 is 13.6. The van der Waals surface area contributed by atoms with Crippen LogP contribution >= 0.6 is 11.3 Å². The zero-order valence-electron chi connectivity index (χ0n) is 10.1. The summed E-state index contributed by atoms with van der Waals surface area (Å²) in [5.41, 5.74) is 0. The Morgan fingerprint density at radius 3 is 2.89 bits per heavy atom. The second kappa shape index (κ2) is 5.72. The normalized spacial score (nSPS) is 12.2. The summed E-state index contributed by atoms with van der Waals surface area (Å²) in [7, 11) is 1.69. The Labute approximate surface area is 109 Å². The lowest BCUT2D eigenvalue weighted by Gasteiger charge is -2.15. The molecule has 0 aliphatic heterocycles. The molecule has 96 valence electrons. The fourth-order valence-electron chi connectivity index (χ4n) is 1.50. The van der Waals surface area contributed by atoms with E-state index in [9.17, 15) is 4.39 Å². The molecule has 0 saturated heterocycles. The minimum atomic E-state index is -0.469. The predicted octanol–water partition coefficient (Wildman–Crippen LogP) is 2.68. The summed E-state index contributed by atoms with van der Waals surface area (Å²) in [6.07, 6.45) is 3.68. The van der Waals surface area contributed by atoms with Crippen molar-refractivity contribution in [3.63, 3.8) is 0 Å². The highest BCUT2D eigenvalue weighted by atomic mass is 32.1. The summed E-state index contributed by atoms with van der Waals surface area (Å²) in [4.78, 5) is 12.1. The standard InChI is InChI=1S/C11H14FN5S/c1-3-8(10-14-4-5-18-10)16-9-7(12)6-15-11(13-2)17-9/h4-6,8H,3H2,1-2H3,(H2,13,15,16,17). The highest BCUT2D eigenvalue weighted by molar-refractivity contribution is 7.09. The number of thiazole rings is 1. The number of rotatable bonds is 5. The molecule has 7 heteroatoms. The lowest BCUT2D eigenvalue weighted by Crippen LogP contribution is -2.13. The summed E-state index contributed by atoms with van der Waals surface area (Å²) in [5.74, 6) is 0.105. The summed E-state index contributed by atoms with van der Waals surface area (Å²) in [6.45, 7) is 2.01. The molecule has 1 atom stereocenters. The first kappa shape index (κ1) is 12.7. The largest absolute Gasteiger partial charge is 0.358 e. The van der Waals surface area contributed by atoms with E-state index in [1.807, 2.05) is 12.3 Å². The van der Waals surface area contributed by atoms with Gasteiger partial charge in [0.15, 0.2) is 11.6 Å². The van der Waals surface area contributed by atoms with Crippen LogP contribution in [0.2, 0.25) is 0 Å². The van der Waals surface area contributed by atoms with Crippen molar-refractivity contribution in [1.82, 2.24) is 15.0 Å². The van der Waals surface area contributed by atoms with Gasteiger partial charge in [-0.25, -0.2) is 14.4 Å². The molecule has 2 heterocycles. The highest BCUT2D eigenvalue weighted by Gasteiger charge is 2.15. The Balaban J connectivity index is 2.21. The lowest BCUT2D eigenvalue weighted by molar-refractivity contribution is 0.610. The number of hydrogen-bond donors (Lipinski definition) is 2. The SMILES string of the molecule is CCC(Nc1nc(NC)ncc1F)c1nccs1. The van der Waals surface area contributed by atoms with Gasteiger partial charge in [-0.15, -0.1) is 11.3 Å². The third-order valence-corrected chi connectivity index (χ3v) is 3.33. The maximum atomic E-state index is 13.6. The number of nitrogens with zero attached hydrogens (tertiary/aromatic N) is 3. The molecule has 2 aromatic rings. The van der Waals surface area contributed by atoms with Crippen LogP contribution in [0.25, 0.3) is 0 Å². The van der Waals surface area contributed by atoms with Crippen molar-refractivity contribution < 1.29 is 4.39 Å². The zero-order chi connectivity index (χ0) is 13.0. The number of halogens is 1. The molecule has 0 aliphatic rings. The molecule has 0 amide bonds. The second-order valence-corrected chi connectivity index (χ2v) is 4.54. The third-order valence-electron chi connectivity index (χ3n) is 2.44. The highest BCUT2D eigenvalue weighted by Crippen LogP contribution is 2.24. The van der Waals surface area contributed by atoms with Gasteiger partial charge >= 0.3 is 0 Å². The first-order chi connectivity index (χ1) is 8.74. The van der Waals surface area contributed by atoms with Crippen LogP contribution in [-0.4, -0.2) is 22.0 Å². The Kier molecular flexibility index (Phi) is 4.03. The van der Waals surface area contributed by atoms with E-state index in [1.54, 1.807) is 13.2 Å². The van der Waals surface area contributed by atoms with Gasteiger partial charge in [0.1, 0.15) is 5.01 Å². The molecule has 0 radical (unpaired) electrons. The van der Waals surface area contributed by atoms with Gasteiger partial charge in [-0.1, -0.05) is 6.92 Å². The van der Waals surface area contributed by atoms with Crippen molar-refractivity contribution in [3.05, 3.63) is 28.6 Å². The van der Waals surface area contributed by atoms with Crippen molar-refractivity contribution in [1.29, 1.82) is 0 Å². The monoisotopic (exact) mass is 267 g/mol. The van der Waals surface area contributed by atoms with Crippen LogP contribution < -0.4 is 10.6 Å². The maximum absolute atomic E-state index is 13.6. The first-order valence-electron chi connectivity index (χ1n) is 5.60. The van der Waals surface area contributed by atoms with Crippen LogP contribution in [0, 0.1) is 5.82 Å². The van der Waals surface area contributed by atoms with Crippen molar-refractivity contribution in [2.24, 2.45) is 0 Å². The van der Waals surface area contributed by atoms with Gasteiger partial charge in [0.2, 0.25) is 5.95 Å². The quantitative estimate of drug-likeness (QED) is 0.872. The van der Waals surface area contributed by atoms with Gasteiger partial charge in [0.25, 0.3) is 0 Å². The van der Waals surface area contributed by atoms with Gasteiger partial charge < -0.3 is 10.6 Å². The lowest BCUT2D eigenvalue weighted by atomic mass is 10.2. The smallest absolute Gasteiger partial charge is 0.224 e. The molecule has 2 aromatic heterocycles. The molecule has 0 aromatic carbocycles. The van der Waals surface area contributed by atoms with E-state index >= 15 is 0 Å². The minimum absolute atomic E-state index is 0.0425. The van der Waals surface area contributed by atoms with Crippen LogP contribution in [0.5, 0.6) is 0 Å². The molecule has 0 aliphatic carbocycles. The Hall–Kier alpha value is -1.76. The molecule has 0 spiro atoms. The number of aromatic nitrogens is 3.